The minimum atomic E-state index is -1.24. The normalized spacial score (nSPS) is 17.5. The van der Waals surface area contributed by atoms with Crippen LogP contribution in [0.4, 0.5) is 0 Å². The Morgan fingerprint density at radius 1 is 0.947 bits per heavy atom. The number of nitrogens with zero attached hydrogens (tertiary/aromatic N) is 1. The van der Waals surface area contributed by atoms with E-state index in [-0.39, 0.29) is 23.4 Å². The van der Waals surface area contributed by atoms with E-state index >= 15 is 0 Å². The molecule has 1 unspecified atom stereocenters. The van der Waals surface area contributed by atoms with Crippen molar-refractivity contribution in [3.63, 3.8) is 0 Å². The molecular formula is C28H36N4O6. The molecule has 2 aliphatic rings. The lowest BCUT2D eigenvalue weighted by Crippen LogP contribution is -2.58. The number of aliphatic carboxylic acids is 1. The predicted molar refractivity (Wildman–Crippen MR) is 140 cm³/mol. The molecular weight excluding hydrogens is 488 g/mol. The van der Waals surface area contributed by atoms with Gasteiger partial charge in [0.15, 0.2) is 0 Å². The van der Waals surface area contributed by atoms with E-state index in [1.807, 2.05) is 0 Å². The van der Waals surface area contributed by atoms with Crippen LogP contribution >= 0.6 is 0 Å². The van der Waals surface area contributed by atoms with Gasteiger partial charge in [0.05, 0.1) is 12.1 Å². The number of carboxylic acid groups (broad SMARTS) is 1. The van der Waals surface area contributed by atoms with E-state index in [1.54, 1.807) is 24.3 Å². The number of hydrogen-bond acceptors (Lipinski definition) is 5. The van der Waals surface area contributed by atoms with E-state index in [9.17, 15) is 29.1 Å². The fourth-order valence-electron chi connectivity index (χ4n) is 5.80. The number of carboxylic acids is 1. The maximum Gasteiger partial charge on any atom is 0.323 e. The summed E-state index contributed by atoms with van der Waals surface area (Å²) in [5.74, 6) is -4.23. The number of H-pyrrole nitrogens is 1. The van der Waals surface area contributed by atoms with Crippen LogP contribution in [0.25, 0.3) is 10.9 Å². The first-order chi connectivity index (χ1) is 18.3. The molecule has 1 aromatic carbocycles. The van der Waals surface area contributed by atoms with Gasteiger partial charge in [-0.05, 0) is 37.7 Å². The molecule has 38 heavy (non-hydrogen) atoms. The molecule has 4 N–H and O–H groups in total. The second-order valence-electron chi connectivity index (χ2n) is 10.4. The number of nitrogens with one attached hydrogen (secondary N) is 3. The Hall–Kier alpha value is -3.69. The second-order valence-corrected chi connectivity index (χ2v) is 10.4. The third-order valence-electron chi connectivity index (χ3n) is 7.72. The van der Waals surface area contributed by atoms with Gasteiger partial charge >= 0.3 is 5.97 Å². The van der Waals surface area contributed by atoms with Crippen LogP contribution in [0.15, 0.2) is 30.5 Å². The first-order valence-corrected chi connectivity index (χ1v) is 13.6. The molecule has 0 spiro atoms. The Morgan fingerprint density at radius 2 is 1.61 bits per heavy atom. The predicted octanol–water partition coefficient (Wildman–Crippen LogP) is 2.78. The van der Waals surface area contributed by atoms with Crippen molar-refractivity contribution >= 4 is 40.4 Å². The SMILES string of the molecule is O=C(O)CN(C(=O)CNC(=O)C(=O)c1c[nH]c2ccccc12)C(C(=O)NC1CCCCC1)C1CCCCC1. The quantitative estimate of drug-likeness (QED) is 0.277. The van der Waals surface area contributed by atoms with Gasteiger partial charge in [-0.1, -0.05) is 56.7 Å². The van der Waals surface area contributed by atoms with Crippen molar-refractivity contribution in [2.45, 2.75) is 76.3 Å². The zero-order valence-corrected chi connectivity index (χ0v) is 21.5. The molecule has 2 saturated carbocycles. The highest BCUT2D eigenvalue weighted by molar-refractivity contribution is 6.45. The molecule has 3 amide bonds. The number of carbonyl (C=O) groups excluding carboxylic acids is 4. The zero-order valence-electron chi connectivity index (χ0n) is 21.5. The lowest BCUT2D eigenvalue weighted by atomic mass is 9.82. The van der Waals surface area contributed by atoms with Crippen molar-refractivity contribution in [3.05, 3.63) is 36.0 Å². The van der Waals surface area contributed by atoms with Crippen LogP contribution in [-0.2, 0) is 19.2 Å². The van der Waals surface area contributed by atoms with Gasteiger partial charge in [-0.2, -0.15) is 0 Å². The molecule has 0 bridgehead atoms. The average molecular weight is 525 g/mol. The summed E-state index contributed by atoms with van der Waals surface area (Å²) in [5, 5.41) is 15.6. The number of rotatable bonds is 10. The van der Waals surface area contributed by atoms with Gasteiger partial charge in [-0.15, -0.1) is 0 Å². The Labute approximate surface area is 221 Å². The lowest BCUT2D eigenvalue weighted by Gasteiger charge is -2.38. The number of benzene rings is 1. The van der Waals surface area contributed by atoms with Crippen molar-refractivity contribution in [2.24, 2.45) is 5.92 Å². The van der Waals surface area contributed by atoms with E-state index in [0.29, 0.717) is 10.9 Å². The summed E-state index contributed by atoms with van der Waals surface area (Å²) < 4.78 is 0. The number of hydrogen-bond donors (Lipinski definition) is 4. The van der Waals surface area contributed by atoms with Crippen LogP contribution < -0.4 is 10.6 Å². The number of fused-ring (bicyclic) bond motifs is 1. The number of carbonyl (C=O) groups is 5. The van der Waals surface area contributed by atoms with Crippen LogP contribution in [0.3, 0.4) is 0 Å². The van der Waals surface area contributed by atoms with Crippen LogP contribution in [0.2, 0.25) is 0 Å². The van der Waals surface area contributed by atoms with Crippen LogP contribution in [0, 0.1) is 5.92 Å². The number of aromatic amines is 1. The number of ketones is 1. The summed E-state index contributed by atoms with van der Waals surface area (Å²) in [7, 11) is 0. The summed E-state index contributed by atoms with van der Waals surface area (Å²) >= 11 is 0. The Morgan fingerprint density at radius 3 is 2.29 bits per heavy atom. The summed E-state index contributed by atoms with van der Waals surface area (Å²) in [6.07, 6.45) is 10.6. The molecule has 2 aliphatic carbocycles. The van der Waals surface area contributed by atoms with E-state index < -0.39 is 42.7 Å². The zero-order chi connectivity index (χ0) is 27.1. The second kappa shape index (κ2) is 12.7. The van der Waals surface area contributed by atoms with Gasteiger partial charge in [-0.3, -0.25) is 24.0 Å². The highest BCUT2D eigenvalue weighted by Crippen LogP contribution is 2.30. The largest absolute Gasteiger partial charge is 0.480 e. The highest BCUT2D eigenvalue weighted by Gasteiger charge is 2.39. The Bertz CT molecular complexity index is 1180. The highest BCUT2D eigenvalue weighted by atomic mass is 16.4. The van der Waals surface area contributed by atoms with Gasteiger partial charge in [0, 0.05) is 23.1 Å². The minimum absolute atomic E-state index is 0.0117. The van der Waals surface area contributed by atoms with Crippen molar-refractivity contribution < 1.29 is 29.1 Å². The van der Waals surface area contributed by atoms with Gasteiger partial charge in [0.25, 0.3) is 11.7 Å². The first-order valence-electron chi connectivity index (χ1n) is 13.6. The summed E-state index contributed by atoms with van der Waals surface area (Å²) in [4.78, 5) is 68.1. The van der Waals surface area contributed by atoms with Crippen molar-refractivity contribution in [1.29, 1.82) is 0 Å². The minimum Gasteiger partial charge on any atom is -0.480 e. The monoisotopic (exact) mass is 524 g/mol. The van der Waals surface area contributed by atoms with E-state index in [0.717, 1.165) is 69.1 Å². The molecule has 0 aliphatic heterocycles. The fraction of sp³-hybridized carbons (Fsp3) is 0.536. The number of Topliss-reactive ketones (excluding diaryl/α,β-unsaturated/α-hetero) is 1. The van der Waals surface area contributed by atoms with Crippen molar-refractivity contribution in [1.82, 2.24) is 20.5 Å². The maximum absolute atomic E-state index is 13.5. The summed E-state index contributed by atoms with van der Waals surface area (Å²) in [5.41, 5.74) is 0.881. The van der Waals surface area contributed by atoms with Crippen LogP contribution in [-0.4, -0.2) is 69.6 Å². The van der Waals surface area contributed by atoms with Gasteiger partial charge in [0.1, 0.15) is 12.6 Å². The Balaban J connectivity index is 1.48. The molecule has 2 fully saturated rings. The van der Waals surface area contributed by atoms with E-state index in [1.165, 1.54) is 6.20 Å². The molecule has 0 saturated heterocycles. The van der Waals surface area contributed by atoms with Gasteiger partial charge < -0.3 is 25.6 Å². The topological polar surface area (TPSA) is 149 Å². The molecule has 204 valence electrons. The molecule has 10 heteroatoms. The standard InChI is InChI=1S/C28H36N4O6/c33-23(16-30-28(38)26(36)21-15-29-22-14-8-7-13-20(21)22)32(17-24(34)35)25(18-9-3-1-4-10-18)27(37)31-19-11-5-2-6-12-19/h7-8,13-15,18-19,25,29H,1-6,9-12,16-17H2,(H,30,38)(H,31,37)(H,34,35). The molecule has 0 radical (unpaired) electrons. The van der Waals surface area contributed by atoms with Gasteiger partial charge in [-0.25, -0.2) is 0 Å². The molecule has 10 nitrogen and oxygen atoms in total. The number of para-hydroxylation sites is 1. The average Bonchev–Trinajstić information content (AvgIpc) is 3.36. The van der Waals surface area contributed by atoms with Gasteiger partial charge in [0.2, 0.25) is 11.8 Å². The van der Waals surface area contributed by atoms with E-state index in [4.69, 9.17) is 0 Å². The van der Waals surface area contributed by atoms with Crippen LogP contribution in [0.1, 0.15) is 74.6 Å². The van der Waals surface area contributed by atoms with Crippen molar-refractivity contribution in [3.8, 4) is 0 Å². The maximum atomic E-state index is 13.5. The molecule has 1 heterocycles. The molecule has 4 rings (SSSR count). The number of amides is 3. The first kappa shape index (κ1) is 27.3. The Kier molecular flexibility index (Phi) is 9.15. The number of aromatic nitrogens is 1. The molecule has 1 aromatic heterocycles. The molecule has 1 atom stereocenters. The third kappa shape index (κ3) is 6.59. The lowest BCUT2D eigenvalue weighted by molar-refractivity contribution is -0.150. The smallest absolute Gasteiger partial charge is 0.323 e. The summed E-state index contributed by atoms with van der Waals surface area (Å²) in [6, 6.07) is 6.12. The fourth-order valence-corrected chi connectivity index (χ4v) is 5.80. The van der Waals surface area contributed by atoms with Crippen molar-refractivity contribution in [2.75, 3.05) is 13.1 Å². The molecule has 2 aromatic rings. The van der Waals surface area contributed by atoms with E-state index in [2.05, 4.69) is 15.6 Å². The summed E-state index contributed by atoms with van der Waals surface area (Å²) in [6.45, 7) is -1.25. The third-order valence-corrected chi connectivity index (χ3v) is 7.72. The van der Waals surface area contributed by atoms with Crippen LogP contribution in [0.5, 0.6) is 0 Å².